The molecule has 1 aromatic rings. The minimum atomic E-state index is 0.270. The smallest absolute Gasteiger partial charge is 0.0312 e. The van der Waals surface area contributed by atoms with Gasteiger partial charge in [0.2, 0.25) is 0 Å². The van der Waals surface area contributed by atoms with Crippen molar-refractivity contribution < 1.29 is 0 Å². The minimum absolute atomic E-state index is 0.270. The molecule has 0 aliphatic carbocycles. The lowest BCUT2D eigenvalue weighted by molar-refractivity contribution is 0.191. The van der Waals surface area contributed by atoms with E-state index in [4.69, 9.17) is 5.73 Å². The highest BCUT2D eigenvalue weighted by molar-refractivity contribution is 5.08. The van der Waals surface area contributed by atoms with E-state index >= 15 is 0 Å². The number of nitrogens with zero attached hydrogens (tertiary/aromatic N) is 2. The summed E-state index contributed by atoms with van der Waals surface area (Å²) in [6.07, 6.45) is 7.07. The van der Waals surface area contributed by atoms with E-state index in [0.717, 1.165) is 25.8 Å². The van der Waals surface area contributed by atoms with Crippen LogP contribution in [-0.2, 0) is 6.54 Å². The molecule has 2 atom stereocenters. The van der Waals surface area contributed by atoms with E-state index in [9.17, 15) is 0 Å². The van der Waals surface area contributed by atoms with Gasteiger partial charge in [-0.05, 0) is 31.5 Å². The van der Waals surface area contributed by atoms with E-state index < -0.39 is 0 Å². The van der Waals surface area contributed by atoms with Gasteiger partial charge in [-0.3, -0.25) is 9.88 Å². The molecule has 1 heterocycles. The number of nitrogens with two attached hydrogens (primary N) is 1. The molecule has 1 rings (SSSR count). The first-order valence-corrected chi connectivity index (χ1v) is 6.53. The van der Waals surface area contributed by atoms with Gasteiger partial charge >= 0.3 is 0 Å². The first kappa shape index (κ1) is 14.1. The van der Waals surface area contributed by atoms with Gasteiger partial charge in [0.05, 0.1) is 0 Å². The fourth-order valence-electron chi connectivity index (χ4n) is 2.36. The van der Waals surface area contributed by atoms with Crippen molar-refractivity contribution in [3.05, 3.63) is 30.1 Å². The number of likely N-dealkylation sites (N-methyl/N-ethyl adjacent to an activating group) is 1. The molecule has 0 saturated heterocycles. The molecule has 0 spiro atoms. The van der Waals surface area contributed by atoms with Crippen molar-refractivity contribution in [3.63, 3.8) is 0 Å². The second-order valence-electron chi connectivity index (χ2n) is 4.70. The topological polar surface area (TPSA) is 42.1 Å². The molecule has 2 unspecified atom stereocenters. The average molecular weight is 235 g/mol. The maximum absolute atomic E-state index is 6.24. The van der Waals surface area contributed by atoms with Crippen LogP contribution in [0, 0.1) is 0 Å². The van der Waals surface area contributed by atoms with Gasteiger partial charge in [0.15, 0.2) is 0 Å². The summed E-state index contributed by atoms with van der Waals surface area (Å²) >= 11 is 0. The third-order valence-corrected chi connectivity index (χ3v) is 3.26. The first-order valence-electron chi connectivity index (χ1n) is 6.53. The Labute approximate surface area is 105 Å². The quantitative estimate of drug-likeness (QED) is 0.789. The van der Waals surface area contributed by atoms with Crippen LogP contribution in [-0.4, -0.2) is 29.0 Å². The molecule has 17 heavy (non-hydrogen) atoms. The van der Waals surface area contributed by atoms with E-state index in [-0.39, 0.29) is 6.04 Å². The Hall–Kier alpha value is -0.930. The second-order valence-corrected chi connectivity index (χ2v) is 4.70. The van der Waals surface area contributed by atoms with Gasteiger partial charge in [-0.1, -0.05) is 26.3 Å². The Morgan fingerprint density at radius 3 is 2.71 bits per heavy atom. The van der Waals surface area contributed by atoms with E-state index in [1.54, 1.807) is 0 Å². The Balaban J connectivity index is 2.57. The van der Waals surface area contributed by atoms with Gasteiger partial charge in [0.25, 0.3) is 0 Å². The van der Waals surface area contributed by atoms with Crippen LogP contribution in [0.5, 0.6) is 0 Å². The number of rotatable bonds is 7. The van der Waals surface area contributed by atoms with Crippen molar-refractivity contribution >= 4 is 0 Å². The second kappa shape index (κ2) is 7.41. The van der Waals surface area contributed by atoms with Gasteiger partial charge in [-0.2, -0.15) is 0 Å². The lowest BCUT2D eigenvalue weighted by Crippen LogP contribution is -2.45. The highest BCUT2D eigenvalue weighted by atomic mass is 15.1. The number of hydrogen-bond donors (Lipinski definition) is 1. The van der Waals surface area contributed by atoms with Crippen molar-refractivity contribution in [2.24, 2.45) is 5.73 Å². The Bertz CT molecular complexity index is 300. The molecule has 1 aromatic heterocycles. The zero-order chi connectivity index (χ0) is 12.7. The zero-order valence-electron chi connectivity index (χ0n) is 11.3. The maximum atomic E-state index is 6.24. The lowest BCUT2D eigenvalue weighted by Gasteiger charge is -2.32. The predicted molar refractivity (Wildman–Crippen MR) is 72.7 cm³/mol. The molecular formula is C14H25N3. The third kappa shape index (κ3) is 4.44. The normalized spacial score (nSPS) is 14.9. The van der Waals surface area contributed by atoms with E-state index in [0.29, 0.717) is 6.04 Å². The molecule has 0 amide bonds. The summed E-state index contributed by atoms with van der Waals surface area (Å²) in [7, 11) is 2.15. The number of aromatic nitrogens is 1. The molecule has 0 fully saturated rings. The summed E-state index contributed by atoms with van der Waals surface area (Å²) in [5, 5.41) is 0. The summed E-state index contributed by atoms with van der Waals surface area (Å²) in [5.41, 5.74) is 7.48. The van der Waals surface area contributed by atoms with Crippen LogP contribution in [0.4, 0.5) is 0 Å². The molecule has 0 aliphatic rings. The highest BCUT2D eigenvalue weighted by Crippen LogP contribution is 2.13. The standard InChI is InChI=1S/C14H25N3/c1-4-7-13(15)14(5-2)17(3)11-12-8-6-9-16-10-12/h6,8-10,13-14H,4-5,7,11,15H2,1-3H3. The maximum Gasteiger partial charge on any atom is 0.0312 e. The summed E-state index contributed by atoms with van der Waals surface area (Å²) in [5.74, 6) is 0. The van der Waals surface area contributed by atoms with E-state index in [1.807, 2.05) is 18.5 Å². The van der Waals surface area contributed by atoms with Crippen molar-refractivity contribution in [1.82, 2.24) is 9.88 Å². The SMILES string of the molecule is CCCC(N)C(CC)N(C)Cc1cccnc1. The number of hydrogen-bond acceptors (Lipinski definition) is 3. The summed E-state index contributed by atoms with van der Waals surface area (Å²) < 4.78 is 0. The van der Waals surface area contributed by atoms with Crippen LogP contribution in [0.15, 0.2) is 24.5 Å². The van der Waals surface area contributed by atoms with Crippen LogP contribution in [0.25, 0.3) is 0 Å². The van der Waals surface area contributed by atoms with Crippen LogP contribution < -0.4 is 5.73 Å². The minimum Gasteiger partial charge on any atom is -0.326 e. The molecule has 0 bridgehead atoms. The van der Waals surface area contributed by atoms with Gasteiger partial charge in [0.1, 0.15) is 0 Å². The fourth-order valence-corrected chi connectivity index (χ4v) is 2.36. The molecular weight excluding hydrogens is 210 g/mol. The van der Waals surface area contributed by atoms with E-state index in [1.165, 1.54) is 5.56 Å². The molecule has 0 aromatic carbocycles. The largest absolute Gasteiger partial charge is 0.326 e. The Morgan fingerprint density at radius 2 is 2.18 bits per heavy atom. The Morgan fingerprint density at radius 1 is 1.41 bits per heavy atom. The zero-order valence-corrected chi connectivity index (χ0v) is 11.3. The molecule has 0 saturated carbocycles. The van der Waals surface area contributed by atoms with Crippen molar-refractivity contribution in [1.29, 1.82) is 0 Å². The van der Waals surface area contributed by atoms with Crippen molar-refractivity contribution in [2.45, 2.75) is 51.7 Å². The van der Waals surface area contributed by atoms with Crippen LogP contribution >= 0.6 is 0 Å². The van der Waals surface area contributed by atoms with Crippen LogP contribution in [0.1, 0.15) is 38.7 Å². The molecule has 2 N–H and O–H groups in total. The fraction of sp³-hybridized carbons (Fsp3) is 0.643. The van der Waals surface area contributed by atoms with Gasteiger partial charge in [-0.25, -0.2) is 0 Å². The van der Waals surface area contributed by atoms with Crippen LogP contribution in [0.3, 0.4) is 0 Å². The molecule has 3 nitrogen and oxygen atoms in total. The number of pyridine rings is 1. The molecule has 0 radical (unpaired) electrons. The first-order chi connectivity index (χ1) is 8.19. The molecule has 0 aliphatic heterocycles. The highest BCUT2D eigenvalue weighted by Gasteiger charge is 2.19. The average Bonchev–Trinajstić information content (AvgIpc) is 2.31. The van der Waals surface area contributed by atoms with Gasteiger partial charge < -0.3 is 5.73 Å². The Kier molecular flexibility index (Phi) is 6.16. The van der Waals surface area contributed by atoms with Crippen molar-refractivity contribution in [3.8, 4) is 0 Å². The van der Waals surface area contributed by atoms with Gasteiger partial charge in [-0.15, -0.1) is 0 Å². The van der Waals surface area contributed by atoms with Gasteiger partial charge in [0, 0.05) is 31.0 Å². The third-order valence-electron chi connectivity index (χ3n) is 3.26. The molecule has 3 heteroatoms. The lowest BCUT2D eigenvalue weighted by atomic mass is 10.0. The predicted octanol–water partition coefficient (Wildman–Crippen LogP) is 2.42. The monoisotopic (exact) mass is 235 g/mol. The molecule has 96 valence electrons. The van der Waals surface area contributed by atoms with Crippen molar-refractivity contribution in [2.75, 3.05) is 7.05 Å². The van der Waals surface area contributed by atoms with Crippen LogP contribution in [0.2, 0.25) is 0 Å². The summed E-state index contributed by atoms with van der Waals surface area (Å²) in [4.78, 5) is 6.49. The summed E-state index contributed by atoms with van der Waals surface area (Å²) in [6, 6.07) is 4.82. The summed E-state index contributed by atoms with van der Waals surface area (Å²) in [6.45, 7) is 5.32. The van der Waals surface area contributed by atoms with E-state index in [2.05, 4.69) is 36.8 Å².